The van der Waals surface area contributed by atoms with E-state index in [9.17, 15) is 9.18 Å². The van der Waals surface area contributed by atoms with Crippen molar-refractivity contribution in [2.24, 2.45) is 0 Å². The number of nitrogens with zero attached hydrogens (tertiary/aromatic N) is 1. The summed E-state index contributed by atoms with van der Waals surface area (Å²) < 4.78 is 17.9. The number of methoxy groups -OCH3 is 1. The number of ether oxygens (including phenoxy) is 1. The molecule has 1 aromatic rings. The van der Waals surface area contributed by atoms with Crippen LogP contribution in [0.5, 0.6) is 0 Å². The number of carbonyl (C=O) groups excluding carboxylic acids is 1. The van der Waals surface area contributed by atoms with E-state index < -0.39 is 11.8 Å². The highest BCUT2D eigenvalue weighted by molar-refractivity contribution is 9.10. The lowest BCUT2D eigenvalue weighted by molar-refractivity contribution is -0.139. The standard InChI is InChI=1S/C10H7BrFNO2/c1-15-9(14)4-7-2-6(5-13)3-8(12)10(7)11/h2-3H,4H2,1H3. The minimum atomic E-state index is -0.562. The molecule has 0 aromatic heterocycles. The predicted octanol–water partition coefficient (Wildman–Crippen LogP) is 2.18. The van der Waals surface area contributed by atoms with Gasteiger partial charge in [-0.1, -0.05) is 0 Å². The highest BCUT2D eigenvalue weighted by Gasteiger charge is 2.12. The Hall–Kier alpha value is -1.41. The van der Waals surface area contributed by atoms with Crippen molar-refractivity contribution >= 4 is 21.9 Å². The van der Waals surface area contributed by atoms with Crippen LogP contribution in [0.25, 0.3) is 0 Å². The summed E-state index contributed by atoms with van der Waals surface area (Å²) >= 11 is 3.01. The van der Waals surface area contributed by atoms with Crippen molar-refractivity contribution in [2.75, 3.05) is 7.11 Å². The number of rotatable bonds is 2. The lowest BCUT2D eigenvalue weighted by Crippen LogP contribution is -2.06. The minimum Gasteiger partial charge on any atom is -0.469 e. The summed E-state index contributed by atoms with van der Waals surface area (Å²) in [6, 6.07) is 4.36. The lowest BCUT2D eigenvalue weighted by Gasteiger charge is -2.04. The normalized spacial score (nSPS) is 9.47. The van der Waals surface area contributed by atoms with Crippen molar-refractivity contribution in [1.82, 2.24) is 0 Å². The summed E-state index contributed by atoms with van der Waals surface area (Å²) in [7, 11) is 1.25. The van der Waals surface area contributed by atoms with Crippen molar-refractivity contribution in [1.29, 1.82) is 5.26 Å². The van der Waals surface area contributed by atoms with E-state index in [0.29, 0.717) is 5.56 Å². The first-order chi connectivity index (χ1) is 7.08. The molecule has 0 saturated heterocycles. The van der Waals surface area contributed by atoms with Gasteiger partial charge in [0.25, 0.3) is 0 Å². The number of esters is 1. The Labute approximate surface area is 94.6 Å². The van der Waals surface area contributed by atoms with Gasteiger partial charge in [0.05, 0.1) is 29.6 Å². The molecule has 0 amide bonds. The third kappa shape index (κ3) is 2.77. The van der Waals surface area contributed by atoms with Gasteiger partial charge in [-0.2, -0.15) is 5.26 Å². The molecule has 0 N–H and O–H groups in total. The van der Waals surface area contributed by atoms with Crippen LogP contribution in [-0.4, -0.2) is 13.1 Å². The van der Waals surface area contributed by atoms with E-state index in [0.717, 1.165) is 6.07 Å². The summed E-state index contributed by atoms with van der Waals surface area (Å²) in [5.74, 6) is -1.04. The van der Waals surface area contributed by atoms with Gasteiger partial charge in [0.1, 0.15) is 5.82 Å². The summed E-state index contributed by atoms with van der Waals surface area (Å²) in [5, 5.41) is 8.62. The van der Waals surface area contributed by atoms with Gasteiger partial charge in [-0.05, 0) is 33.6 Å². The Bertz CT molecular complexity index is 440. The molecule has 0 atom stereocenters. The quantitative estimate of drug-likeness (QED) is 0.775. The Kier molecular flexibility index (Phi) is 3.81. The molecule has 0 unspecified atom stereocenters. The van der Waals surface area contributed by atoms with E-state index in [1.807, 2.05) is 6.07 Å². The smallest absolute Gasteiger partial charge is 0.310 e. The fourth-order valence-corrected chi connectivity index (χ4v) is 1.44. The highest BCUT2D eigenvalue weighted by atomic mass is 79.9. The van der Waals surface area contributed by atoms with Crippen LogP contribution in [0.2, 0.25) is 0 Å². The number of nitriles is 1. The number of carbonyl (C=O) groups is 1. The summed E-state index contributed by atoms with van der Waals surface area (Å²) in [5.41, 5.74) is 0.577. The minimum absolute atomic E-state index is 0.0659. The lowest BCUT2D eigenvalue weighted by atomic mass is 10.1. The Balaban J connectivity index is 3.12. The van der Waals surface area contributed by atoms with E-state index in [1.165, 1.54) is 13.2 Å². The van der Waals surface area contributed by atoms with Crippen molar-refractivity contribution in [3.8, 4) is 6.07 Å². The average molecular weight is 272 g/mol. The van der Waals surface area contributed by atoms with E-state index >= 15 is 0 Å². The molecule has 0 spiro atoms. The Morgan fingerprint density at radius 3 is 2.87 bits per heavy atom. The maximum atomic E-state index is 13.2. The average Bonchev–Trinajstić information content (AvgIpc) is 2.24. The summed E-state index contributed by atoms with van der Waals surface area (Å²) in [4.78, 5) is 11.0. The molecule has 0 saturated carbocycles. The van der Waals surface area contributed by atoms with Gasteiger partial charge < -0.3 is 4.74 Å². The maximum absolute atomic E-state index is 13.2. The molecule has 0 bridgehead atoms. The van der Waals surface area contributed by atoms with Gasteiger partial charge in [-0.25, -0.2) is 4.39 Å². The van der Waals surface area contributed by atoms with Crippen LogP contribution >= 0.6 is 15.9 Å². The van der Waals surface area contributed by atoms with E-state index in [-0.39, 0.29) is 16.5 Å². The molecule has 78 valence electrons. The van der Waals surface area contributed by atoms with Gasteiger partial charge >= 0.3 is 5.97 Å². The third-order valence-electron chi connectivity index (χ3n) is 1.80. The fraction of sp³-hybridized carbons (Fsp3) is 0.200. The summed E-state index contributed by atoms with van der Waals surface area (Å²) in [6.07, 6.45) is -0.0659. The molecule has 3 nitrogen and oxygen atoms in total. The van der Waals surface area contributed by atoms with Crippen molar-refractivity contribution in [2.45, 2.75) is 6.42 Å². The molecule has 1 aromatic carbocycles. The molecular formula is C10H7BrFNO2. The van der Waals surface area contributed by atoms with Gasteiger partial charge in [-0.3, -0.25) is 4.79 Å². The van der Waals surface area contributed by atoms with Crippen LogP contribution in [0.4, 0.5) is 4.39 Å². The second kappa shape index (κ2) is 4.89. The third-order valence-corrected chi connectivity index (χ3v) is 2.68. The van der Waals surface area contributed by atoms with Crippen LogP contribution in [-0.2, 0) is 16.0 Å². The number of hydrogen-bond donors (Lipinski definition) is 0. The van der Waals surface area contributed by atoms with Gasteiger partial charge in [0.15, 0.2) is 0 Å². The second-order valence-electron chi connectivity index (χ2n) is 2.80. The zero-order valence-electron chi connectivity index (χ0n) is 7.88. The van der Waals surface area contributed by atoms with Crippen LogP contribution in [0.15, 0.2) is 16.6 Å². The molecule has 0 heterocycles. The second-order valence-corrected chi connectivity index (χ2v) is 3.59. The fourth-order valence-electron chi connectivity index (χ4n) is 1.07. The predicted molar refractivity (Wildman–Crippen MR) is 54.5 cm³/mol. The Morgan fingerprint density at radius 2 is 2.33 bits per heavy atom. The topological polar surface area (TPSA) is 50.1 Å². The molecular weight excluding hydrogens is 265 g/mol. The maximum Gasteiger partial charge on any atom is 0.310 e. The molecule has 0 fully saturated rings. The number of benzene rings is 1. The number of hydrogen-bond acceptors (Lipinski definition) is 3. The monoisotopic (exact) mass is 271 g/mol. The van der Waals surface area contributed by atoms with Crippen LogP contribution in [0.1, 0.15) is 11.1 Å². The number of halogens is 2. The van der Waals surface area contributed by atoms with Gasteiger partial charge in [-0.15, -0.1) is 0 Å². The molecule has 5 heteroatoms. The largest absolute Gasteiger partial charge is 0.469 e. The highest BCUT2D eigenvalue weighted by Crippen LogP contribution is 2.23. The van der Waals surface area contributed by atoms with Crippen molar-refractivity contribution in [3.05, 3.63) is 33.5 Å². The summed E-state index contributed by atoms with van der Waals surface area (Å²) in [6.45, 7) is 0. The first-order valence-electron chi connectivity index (χ1n) is 4.03. The molecule has 0 aliphatic rings. The first-order valence-corrected chi connectivity index (χ1v) is 4.82. The van der Waals surface area contributed by atoms with E-state index in [4.69, 9.17) is 5.26 Å². The van der Waals surface area contributed by atoms with E-state index in [1.54, 1.807) is 0 Å². The van der Waals surface area contributed by atoms with E-state index in [2.05, 4.69) is 20.7 Å². The molecule has 0 aliphatic carbocycles. The van der Waals surface area contributed by atoms with Crippen molar-refractivity contribution in [3.63, 3.8) is 0 Å². The van der Waals surface area contributed by atoms with Crippen LogP contribution in [0, 0.1) is 17.1 Å². The van der Waals surface area contributed by atoms with Gasteiger partial charge in [0, 0.05) is 0 Å². The Morgan fingerprint density at radius 1 is 1.67 bits per heavy atom. The molecule has 1 rings (SSSR count). The van der Waals surface area contributed by atoms with Crippen LogP contribution < -0.4 is 0 Å². The molecule has 0 radical (unpaired) electrons. The van der Waals surface area contributed by atoms with Crippen molar-refractivity contribution < 1.29 is 13.9 Å². The SMILES string of the molecule is COC(=O)Cc1cc(C#N)cc(F)c1Br. The first kappa shape index (κ1) is 11.7. The van der Waals surface area contributed by atoms with Gasteiger partial charge in [0.2, 0.25) is 0 Å². The van der Waals surface area contributed by atoms with Crippen LogP contribution in [0.3, 0.4) is 0 Å². The molecule has 15 heavy (non-hydrogen) atoms. The zero-order chi connectivity index (χ0) is 11.4. The zero-order valence-corrected chi connectivity index (χ0v) is 9.47. The molecule has 0 aliphatic heterocycles.